The molecule has 0 radical (unpaired) electrons. The number of benzene rings is 2. The number of aliphatic carboxylic acids is 1. The summed E-state index contributed by atoms with van der Waals surface area (Å²) >= 11 is 4.27. The molecule has 0 bridgehead atoms. The molecule has 0 unspecified atom stereocenters. The van der Waals surface area contributed by atoms with Crippen molar-refractivity contribution in [3.63, 3.8) is 0 Å². The number of carboxylic acid groups (broad SMARTS) is 1. The lowest BCUT2D eigenvalue weighted by molar-refractivity contribution is -0.131. The SMILES string of the molecule is CCc1nnc(S/C(=C\c2cc(Br)ccc2OCc2ccccc2C#N)C(=O)O)o1. The Labute approximate surface area is 185 Å². The van der Waals surface area contributed by atoms with Crippen molar-refractivity contribution in [2.75, 3.05) is 0 Å². The summed E-state index contributed by atoms with van der Waals surface area (Å²) in [6, 6.07) is 14.6. The van der Waals surface area contributed by atoms with Crippen molar-refractivity contribution in [2.45, 2.75) is 25.2 Å². The third-order valence-electron chi connectivity index (χ3n) is 3.94. The molecule has 0 amide bonds. The van der Waals surface area contributed by atoms with Crippen LogP contribution in [0.1, 0.15) is 29.5 Å². The number of nitrogens with zero attached hydrogens (tertiary/aromatic N) is 3. The highest BCUT2D eigenvalue weighted by Gasteiger charge is 2.16. The van der Waals surface area contributed by atoms with Crippen LogP contribution in [0.2, 0.25) is 0 Å². The second kappa shape index (κ2) is 10.1. The van der Waals surface area contributed by atoms with Gasteiger partial charge in [0, 0.05) is 22.0 Å². The lowest BCUT2D eigenvalue weighted by atomic mass is 10.1. The molecule has 0 atom stereocenters. The second-order valence-corrected chi connectivity index (χ2v) is 7.88. The molecule has 0 spiro atoms. The number of nitriles is 1. The van der Waals surface area contributed by atoms with Crippen LogP contribution in [-0.4, -0.2) is 21.3 Å². The first-order chi connectivity index (χ1) is 14.5. The minimum atomic E-state index is -1.13. The summed E-state index contributed by atoms with van der Waals surface area (Å²) in [4.78, 5) is 11.8. The fourth-order valence-electron chi connectivity index (χ4n) is 2.47. The molecule has 0 aliphatic rings. The molecule has 3 aromatic rings. The molecule has 1 N–H and O–H groups in total. The van der Waals surface area contributed by atoms with Gasteiger partial charge >= 0.3 is 5.97 Å². The molecule has 9 heteroatoms. The fraction of sp³-hybridized carbons (Fsp3) is 0.143. The smallest absolute Gasteiger partial charge is 0.342 e. The van der Waals surface area contributed by atoms with Crippen LogP contribution >= 0.6 is 27.7 Å². The van der Waals surface area contributed by atoms with Gasteiger partial charge in [-0.3, -0.25) is 0 Å². The Bertz CT molecular complexity index is 1140. The van der Waals surface area contributed by atoms with E-state index in [0.29, 0.717) is 29.2 Å². The molecule has 152 valence electrons. The summed E-state index contributed by atoms with van der Waals surface area (Å²) < 4.78 is 12.1. The lowest BCUT2D eigenvalue weighted by Crippen LogP contribution is -2.01. The maximum Gasteiger partial charge on any atom is 0.342 e. The zero-order chi connectivity index (χ0) is 21.5. The number of carbonyl (C=O) groups is 1. The van der Waals surface area contributed by atoms with Crippen LogP contribution < -0.4 is 4.74 Å². The van der Waals surface area contributed by atoms with E-state index in [9.17, 15) is 15.2 Å². The Morgan fingerprint density at radius 3 is 2.83 bits per heavy atom. The minimum absolute atomic E-state index is 0.00155. The van der Waals surface area contributed by atoms with Crippen LogP contribution in [0.4, 0.5) is 0 Å². The number of thioether (sulfide) groups is 1. The van der Waals surface area contributed by atoms with Gasteiger partial charge in [0.1, 0.15) is 17.3 Å². The van der Waals surface area contributed by atoms with Crippen molar-refractivity contribution < 1.29 is 19.1 Å². The Kier molecular flexibility index (Phi) is 7.27. The molecular formula is C21H16BrN3O4S. The van der Waals surface area contributed by atoms with Crippen LogP contribution in [0.15, 0.2) is 61.5 Å². The zero-order valence-electron chi connectivity index (χ0n) is 15.8. The number of hydrogen-bond acceptors (Lipinski definition) is 7. The second-order valence-electron chi connectivity index (χ2n) is 5.97. The van der Waals surface area contributed by atoms with E-state index in [-0.39, 0.29) is 16.7 Å². The fourth-order valence-corrected chi connectivity index (χ4v) is 3.53. The third-order valence-corrected chi connectivity index (χ3v) is 5.28. The number of carboxylic acids is 1. The standard InChI is InChI=1S/C21H16BrN3O4S/c1-2-19-24-25-21(29-19)30-18(20(26)27)10-15-9-16(22)7-8-17(15)28-12-14-6-4-3-5-13(14)11-23/h3-10H,2,12H2,1H3,(H,26,27)/b18-10-. The Balaban J connectivity index is 1.88. The maximum atomic E-state index is 11.8. The first-order valence-corrected chi connectivity index (χ1v) is 10.5. The number of rotatable bonds is 8. The molecule has 7 nitrogen and oxygen atoms in total. The summed E-state index contributed by atoms with van der Waals surface area (Å²) in [6.45, 7) is 2.04. The first-order valence-electron chi connectivity index (χ1n) is 8.85. The first kappa shape index (κ1) is 21.6. The van der Waals surface area contributed by atoms with Crippen LogP contribution in [0.25, 0.3) is 6.08 Å². The van der Waals surface area contributed by atoms with Crippen molar-refractivity contribution >= 4 is 39.7 Å². The van der Waals surface area contributed by atoms with Crippen LogP contribution in [0.5, 0.6) is 5.75 Å². The number of aryl methyl sites for hydroxylation is 1. The summed E-state index contributed by atoms with van der Waals surface area (Å²) in [7, 11) is 0. The van der Waals surface area contributed by atoms with Gasteiger partial charge in [-0.2, -0.15) is 5.26 Å². The summed E-state index contributed by atoms with van der Waals surface area (Å²) in [5.74, 6) is -0.216. The van der Waals surface area contributed by atoms with Gasteiger partial charge in [0.05, 0.1) is 11.6 Å². The Morgan fingerprint density at radius 2 is 2.13 bits per heavy atom. The van der Waals surface area contributed by atoms with Crippen LogP contribution in [0.3, 0.4) is 0 Å². The summed E-state index contributed by atoms with van der Waals surface area (Å²) in [5, 5.41) is 26.7. The summed E-state index contributed by atoms with van der Waals surface area (Å²) in [5.41, 5.74) is 1.82. The molecule has 0 fully saturated rings. The van der Waals surface area contributed by atoms with E-state index < -0.39 is 5.97 Å². The van der Waals surface area contributed by atoms with Gasteiger partial charge in [0.25, 0.3) is 5.22 Å². The molecule has 1 aromatic heterocycles. The minimum Gasteiger partial charge on any atom is -0.488 e. The molecule has 0 aliphatic heterocycles. The topological polar surface area (TPSA) is 109 Å². The van der Waals surface area contributed by atoms with E-state index in [1.807, 2.05) is 19.1 Å². The van der Waals surface area contributed by atoms with Crippen molar-refractivity contribution in [1.29, 1.82) is 5.26 Å². The maximum absolute atomic E-state index is 11.8. The largest absolute Gasteiger partial charge is 0.488 e. The molecule has 2 aromatic carbocycles. The van der Waals surface area contributed by atoms with Gasteiger partial charge in [0.15, 0.2) is 0 Å². The Morgan fingerprint density at radius 1 is 1.33 bits per heavy atom. The average Bonchev–Trinajstić information content (AvgIpc) is 3.20. The zero-order valence-corrected chi connectivity index (χ0v) is 18.2. The number of hydrogen-bond donors (Lipinski definition) is 1. The molecule has 0 saturated heterocycles. The molecule has 1 heterocycles. The molecule has 0 aliphatic carbocycles. The predicted molar refractivity (Wildman–Crippen MR) is 115 cm³/mol. The van der Waals surface area contributed by atoms with Gasteiger partial charge in [-0.15, -0.1) is 10.2 Å². The molecule has 3 rings (SSSR count). The van der Waals surface area contributed by atoms with Gasteiger partial charge in [0.2, 0.25) is 5.89 Å². The lowest BCUT2D eigenvalue weighted by Gasteiger charge is -2.11. The molecule has 30 heavy (non-hydrogen) atoms. The predicted octanol–water partition coefficient (Wildman–Crippen LogP) is 5.06. The van der Waals surface area contributed by atoms with Crippen molar-refractivity contribution in [2.24, 2.45) is 0 Å². The van der Waals surface area contributed by atoms with Gasteiger partial charge in [-0.1, -0.05) is 41.1 Å². The van der Waals surface area contributed by atoms with Crippen molar-refractivity contribution in [3.05, 3.63) is 74.4 Å². The monoisotopic (exact) mass is 485 g/mol. The highest BCUT2D eigenvalue weighted by Crippen LogP contribution is 2.32. The van der Waals surface area contributed by atoms with E-state index in [1.54, 1.807) is 30.3 Å². The van der Waals surface area contributed by atoms with Crippen LogP contribution in [-0.2, 0) is 17.8 Å². The van der Waals surface area contributed by atoms with E-state index in [2.05, 4.69) is 32.2 Å². The normalized spacial score (nSPS) is 11.2. The molecule has 0 saturated carbocycles. The van der Waals surface area contributed by atoms with E-state index in [0.717, 1.165) is 21.8 Å². The van der Waals surface area contributed by atoms with Crippen molar-refractivity contribution in [1.82, 2.24) is 10.2 Å². The van der Waals surface area contributed by atoms with E-state index >= 15 is 0 Å². The Hall–Kier alpha value is -3.09. The number of ether oxygens (including phenoxy) is 1. The van der Waals surface area contributed by atoms with E-state index in [1.165, 1.54) is 6.08 Å². The van der Waals surface area contributed by atoms with Crippen LogP contribution in [0, 0.1) is 11.3 Å². The van der Waals surface area contributed by atoms with E-state index in [4.69, 9.17) is 9.15 Å². The van der Waals surface area contributed by atoms with Crippen molar-refractivity contribution in [3.8, 4) is 11.8 Å². The van der Waals surface area contributed by atoms with Gasteiger partial charge in [-0.05, 0) is 42.1 Å². The number of aromatic nitrogens is 2. The average molecular weight is 486 g/mol. The number of halogens is 1. The molecular weight excluding hydrogens is 470 g/mol. The highest BCUT2D eigenvalue weighted by molar-refractivity contribution is 9.10. The quantitative estimate of drug-likeness (QED) is 0.348. The third kappa shape index (κ3) is 5.49. The van der Waals surface area contributed by atoms with Gasteiger partial charge in [-0.25, -0.2) is 4.79 Å². The van der Waals surface area contributed by atoms with Gasteiger partial charge < -0.3 is 14.3 Å². The summed E-state index contributed by atoms with van der Waals surface area (Å²) in [6.07, 6.45) is 2.05. The highest BCUT2D eigenvalue weighted by atomic mass is 79.9.